The molecule has 0 aliphatic heterocycles. The van der Waals surface area contributed by atoms with E-state index < -0.39 is 5.41 Å². The van der Waals surface area contributed by atoms with Crippen LogP contribution >= 0.6 is 0 Å². The van der Waals surface area contributed by atoms with Crippen LogP contribution in [0.4, 0.5) is 17.1 Å². The summed E-state index contributed by atoms with van der Waals surface area (Å²) in [4.78, 5) is 2.40. The first-order valence-corrected chi connectivity index (χ1v) is 21.7. The Morgan fingerprint density at radius 2 is 0.746 bits per heavy atom. The molecule has 0 spiro atoms. The minimum absolute atomic E-state index is 0.521. The molecule has 12 rings (SSSR count). The van der Waals surface area contributed by atoms with E-state index >= 15 is 0 Å². The first kappa shape index (κ1) is 36.6. The van der Waals surface area contributed by atoms with Gasteiger partial charge in [-0.1, -0.05) is 212 Å². The number of furan rings is 1. The van der Waals surface area contributed by atoms with Crippen LogP contribution in [-0.4, -0.2) is 0 Å². The van der Waals surface area contributed by atoms with Gasteiger partial charge < -0.3 is 9.32 Å². The van der Waals surface area contributed by atoms with Gasteiger partial charge in [-0.3, -0.25) is 0 Å². The third-order valence-electron chi connectivity index (χ3n) is 13.0. The lowest BCUT2D eigenvalue weighted by Gasteiger charge is -2.35. The lowest BCUT2D eigenvalue weighted by atomic mass is 9.67. The predicted octanol–water partition coefficient (Wildman–Crippen LogP) is 16.4. The zero-order chi connectivity index (χ0) is 41.7. The Labute approximate surface area is 367 Å². The van der Waals surface area contributed by atoms with E-state index in [1.165, 1.54) is 50.1 Å². The first-order valence-electron chi connectivity index (χ1n) is 21.7. The fraction of sp³-hybridized carbons (Fsp3) is 0.0164. The predicted molar refractivity (Wildman–Crippen MR) is 262 cm³/mol. The van der Waals surface area contributed by atoms with Crippen molar-refractivity contribution in [1.29, 1.82) is 0 Å². The van der Waals surface area contributed by atoms with Gasteiger partial charge in [-0.2, -0.15) is 0 Å². The monoisotopic (exact) mass is 803 g/mol. The van der Waals surface area contributed by atoms with Crippen molar-refractivity contribution in [1.82, 2.24) is 0 Å². The summed E-state index contributed by atoms with van der Waals surface area (Å²) >= 11 is 0. The summed E-state index contributed by atoms with van der Waals surface area (Å²) in [7, 11) is 0. The number of nitrogens with zero attached hydrogens (tertiary/aromatic N) is 1. The molecule has 1 aliphatic carbocycles. The maximum absolute atomic E-state index is 6.47. The van der Waals surface area contributed by atoms with Crippen LogP contribution in [0, 0.1) is 0 Å². The summed E-state index contributed by atoms with van der Waals surface area (Å²) < 4.78 is 6.47. The van der Waals surface area contributed by atoms with Crippen molar-refractivity contribution in [2.24, 2.45) is 0 Å². The van der Waals surface area contributed by atoms with Gasteiger partial charge in [-0.15, -0.1) is 0 Å². The van der Waals surface area contributed by atoms with Gasteiger partial charge in [-0.05, 0) is 92.0 Å². The van der Waals surface area contributed by atoms with E-state index in [1.807, 2.05) is 12.1 Å². The van der Waals surface area contributed by atoms with Gasteiger partial charge >= 0.3 is 0 Å². The van der Waals surface area contributed by atoms with Crippen LogP contribution in [0.2, 0.25) is 0 Å². The largest absolute Gasteiger partial charge is 0.455 e. The van der Waals surface area contributed by atoms with E-state index in [4.69, 9.17) is 4.42 Å². The standard InChI is InChI=1S/C61H41NO/c1-3-16-42(17-4-1)43-30-34-46(35-31-43)61(56-26-11-7-21-52(56)53-22-8-12-27-57(53)61)47-36-40-49(41-37-47)62(58-28-13-9-20-50(58)44-18-5-2-6-19-44)48-38-32-45(33-39-48)51-24-15-25-55-54-23-10-14-29-59(54)63-60(51)55/h1-41H. The number of fused-ring (bicyclic) bond motifs is 6. The average Bonchev–Trinajstić information content (AvgIpc) is 3.90. The van der Waals surface area contributed by atoms with Gasteiger partial charge in [0.15, 0.2) is 0 Å². The number of rotatable bonds is 8. The zero-order valence-electron chi connectivity index (χ0n) is 34.5. The Balaban J connectivity index is 1.02. The van der Waals surface area contributed by atoms with Crippen molar-refractivity contribution in [2.75, 3.05) is 4.90 Å². The van der Waals surface area contributed by atoms with E-state index in [0.29, 0.717) is 0 Å². The Bertz CT molecular complexity index is 3370. The number of anilines is 3. The highest BCUT2D eigenvalue weighted by Crippen LogP contribution is 2.56. The molecule has 296 valence electrons. The Morgan fingerprint density at radius 3 is 1.41 bits per heavy atom. The number of para-hydroxylation sites is 3. The lowest BCUT2D eigenvalue weighted by Crippen LogP contribution is -2.28. The molecule has 0 saturated carbocycles. The highest BCUT2D eigenvalue weighted by molar-refractivity contribution is 6.09. The molecular weight excluding hydrogens is 763 g/mol. The Kier molecular flexibility index (Phi) is 8.76. The van der Waals surface area contributed by atoms with Gasteiger partial charge in [0, 0.05) is 33.3 Å². The molecule has 1 aliphatic rings. The smallest absolute Gasteiger partial charge is 0.143 e. The Morgan fingerprint density at radius 1 is 0.302 bits per heavy atom. The average molecular weight is 804 g/mol. The van der Waals surface area contributed by atoms with Crippen molar-refractivity contribution < 1.29 is 4.42 Å². The van der Waals surface area contributed by atoms with Gasteiger partial charge in [0.25, 0.3) is 0 Å². The fourth-order valence-electron chi connectivity index (χ4n) is 10.1. The molecule has 0 radical (unpaired) electrons. The van der Waals surface area contributed by atoms with E-state index in [9.17, 15) is 0 Å². The molecule has 10 aromatic carbocycles. The molecule has 0 bridgehead atoms. The summed E-state index contributed by atoms with van der Waals surface area (Å²) in [5, 5.41) is 2.26. The maximum atomic E-state index is 6.47. The van der Waals surface area contributed by atoms with E-state index in [1.54, 1.807) is 0 Å². The van der Waals surface area contributed by atoms with Gasteiger partial charge in [0.05, 0.1) is 11.1 Å². The maximum Gasteiger partial charge on any atom is 0.143 e. The first-order chi connectivity index (χ1) is 31.3. The van der Waals surface area contributed by atoms with Crippen LogP contribution in [0.5, 0.6) is 0 Å². The van der Waals surface area contributed by atoms with Crippen molar-refractivity contribution in [3.05, 3.63) is 271 Å². The minimum Gasteiger partial charge on any atom is -0.455 e. The van der Waals surface area contributed by atoms with Crippen molar-refractivity contribution in [3.8, 4) is 44.5 Å². The van der Waals surface area contributed by atoms with E-state index in [0.717, 1.165) is 55.7 Å². The van der Waals surface area contributed by atoms with Gasteiger partial charge in [0.2, 0.25) is 0 Å². The number of hydrogen-bond acceptors (Lipinski definition) is 2. The highest BCUT2D eigenvalue weighted by atomic mass is 16.3. The van der Waals surface area contributed by atoms with Crippen molar-refractivity contribution in [3.63, 3.8) is 0 Å². The molecule has 2 nitrogen and oxygen atoms in total. The molecule has 1 heterocycles. The molecule has 0 amide bonds. The van der Waals surface area contributed by atoms with Crippen LogP contribution in [-0.2, 0) is 5.41 Å². The molecule has 2 heteroatoms. The van der Waals surface area contributed by atoms with Crippen molar-refractivity contribution in [2.45, 2.75) is 5.41 Å². The summed E-state index contributed by atoms with van der Waals surface area (Å²) in [5.74, 6) is 0. The van der Waals surface area contributed by atoms with Crippen LogP contribution in [0.3, 0.4) is 0 Å². The van der Waals surface area contributed by atoms with Crippen LogP contribution in [0.15, 0.2) is 253 Å². The zero-order valence-corrected chi connectivity index (χ0v) is 34.5. The summed E-state index contributed by atoms with van der Waals surface area (Å²) in [5.41, 5.74) is 19.1. The van der Waals surface area contributed by atoms with E-state index in [-0.39, 0.29) is 0 Å². The summed E-state index contributed by atoms with van der Waals surface area (Å²) in [6.07, 6.45) is 0. The third kappa shape index (κ3) is 5.95. The van der Waals surface area contributed by atoms with Crippen molar-refractivity contribution >= 4 is 39.0 Å². The van der Waals surface area contributed by atoms with Gasteiger partial charge in [0.1, 0.15) is 11.2 Å². The van der Waals surface area contributed by atoms with Crippen LogP contribution in [0.1, 0.15) is 22.3 Å². The molecule has 11 aromatic rings. The normalized spacial score (nSPS) is 12.6. The minimum atomic E-state index is -0.521. The quantitative estimate of drug-likeness (QED) is 0.152. The number of hydrogen-bond donors (Lipinski definition) is 0. The molecule has 63 heavy (non-hydrogen) atoms. The topological polar surface area (TPSA) is 16.4 Å². The molecular formula is C61H41NO. The second kappa shape index (κ2) is 15.1. The van der Waals surface area contributed by atoms with Crippen LogP contribution < -0.4 is 4.90 Å². The molecule has 0 saturated heterocycles. The molecule has 0 unspecified atom stereocenters. The molecule has 0 N–H and O–H groups in total. The molecule has 0 fully saturated rings. The summed E-state index contributed by atoms with van der Waals surface area (Å²) in [6.45, 7) is 0. The fourth-order valence-corrected chi connectivity index (χ4v) is 10.1. The second-order valence-corrected chi connectivity index (χ2v) is 16.4. The second-order valence-electron chi connectivity index (χ2n) is 16.4. The third-order valence-corrected chi connectivity index (χ3v) is 13.0. The van der Waals surface area contributed by atoms with E-state index in [2.05, 4.69) is 241 Å². The summed E-state index contributed by atoms with van der Waals surface area (Å²) in [6, 6.07) is 90.2. The lowest BCUT2D eigenvalue weighted by molar-refractivity contribution is 0.670. The Hall–Kier alpha value is -8.20. The molecule has 1 aromatic heterocycles. The highest BCUT2D eigenvalue weighted by Gasteiger charge is 2.46. The SMILES string of the molecule is c1ccc(-c2ccc(C3(c4ccc(N(c5ccc(-c6cccc7c6oc6ccccc67)cc5)c5ccccc5-c5ccccc5)cc4)c4ccccc4-c4ccccc43)cc2)cc1. The molecule has 0 atom stereocenters. The van der Waals surface area contributed by atoms with Crippen LogP contribution in [0.25, 0.3) is 66.4 Å². The number of benzene rings is 10. The van der Waals surface area contributed by atoms with Gasteiger partial charge in [-0.25, -0.2) is 0 Å².